The molecule has 1 N–H and O–H groups in total. The summed E-state index contributed by atoms with van der Waals surface area (Å²) >= 11 is -1.41. The van der Waals surface area contributed by atoms with E-state index >= 15 is 0 Å². The van der Waals surface area contributed by atoms with Crippen molar-refractivity contribution in [3.05, 3.63) is 71.4 Å². The molecular formula is C27H28N2O7S2. The summed E-state index contributed by atoms with van der Waals surface area (Å²) in [5.74, 6) is 1.71. The van der Waals surface area contributed by atoms with Crippen molar-refractivity contribution in [1.82, 2.24) is 9.71 Å². The Bertz CT molecular complexity index is 1440. The van der Waals surface area contributed by atoms with Gasteiger partial charge in [-0.3, -0.25) is 4.79 Å². The SMILES string of the molecule is Cc1nc(OCCCS(C)(=O)=O)ccc1-c1cccc2c1OC[C@H]2Oc1ccc(C2CC(=O)N[S+]2[O-])cc1. The number of amides is 1. The van der Waals surface area contributed by atoms with Gasteiger partial charge in [-0.25, -0.2) is 13.4 Å². The van der Waals surface area contributed by atoms with E-state index in [2.05, 4.69) is 9.71 Å². The molecule has 0 saturated carbocycles. The molecule has 1 aromatic heterocycles. The van der Waals surface area contributed by atoms with E-state index in [1.165, 1.54) is 6.26 Å². The van der Waals surface area contributed by atoms with E-state index in [-0.39, 0.29) is 36.0 Å². The zero-order valence-electron chi connectivity index (χ0n) is 21.0. The second-order valence-electron chi connectivity index (χ2n) is 9.34. The molecule has 2 unspecified atom stereocenters. The first-order valence-electron chi connectivity index (χ1n) is 12.2. The van der Waals surface area contributed by atoms with Crippen LogP contribution in [0.5, 0.6) is 17.4 Å². The van der Waals surface area contributed by atoms with Crippen molar-refractivity contribution in [1.29, 1.82) is 0 Å². The normalized spacial score (nSPS) is 20.5. The van der Waals surface area contributed by atoms with E-state index in [1.807, 2.05) is 55.5 Å². The minimum Gasteiger partial charge on any atom is -0.593 e. The van der Waals surface area contributed by atoms with Gasteiger partial charge in [0.15, 0.2) is 11.4 Å². The van der Waals surface area contributed by atoms with Crippen molar-refractivity contribution in [3.63, 3.8) is 0 Å². The largest absolute Gasteiger partial charge is 0.593 e. The number of nitrogens with zero attached hydrogens (tertiary/aromatic N) is 1. The number of pyridine rings is 1. The zero-order valence-corrected chi connectivity index (χ0v) is 22.6. The van der Waals surface area contributed by atoms with Crippen LogP contribution < -0.4 is 18.9 Å². The predicted octanol–water partition coefficient (Wildman–Crippen LogP) is 3.61. The number of carbonyl (C=O) groups excluding carboxylic acids is 1. The summed E-state index contributed by atoms with van der Waals surface area (Å²) in [4.78, 5) is 16.1. The third-order valence-corrected chi connectivity index (χ3v) is 8.82. The van der Waals surface area contributed by atoms with Gasteiger partial charge < -0.3 is 18.8 Å². The van der Waals surface area contributed by atoms with Gasteiger partial charge in [0, 0.05) is 40.3 Å². The van der Waals surface area contributed by atoms with Crippen molar-refractivity contribution in [2.24, 2.45) is 0 Å². The number of hydrogen-bond acceptors (Lipinski definition) is 8. The van der Waals surface area contributed by atoms with Gasteiger partial charge in [0.25, 0.3) is 5.91 Å². The smallest absolute Gasteiger partial charge is 0.266 e. The molecule has 0 radical (unpaired) electrons. The fourth-order valence-electron chi connectivity index (χ4n) is 4.56. The Kier molecular flexibility index (Phi) is 7.51. The summed E-state index contributed by atoms with van der Waals surface area (Å²) in [6.45, 7) is 2.52. The highest BCUT2D eigenvalue weighted by Crippen LogP contribution is 2.43. The van der Waals surface area contributed by atoms with Gasteiger partial charge in [-0.2, -0.15) is 4.72 Å². The average molecular weight is 557 g/mol. The molecule has 2 aromatic carbocycles. The molecule has 0 aliphatic carbocycles. The summed E-state index contributed by atoms with van der Waals surface area (Å²) in [6.07, 6.45) is 1.52. The van der Waals surface area contributed by atoms with Gasteiger partial charge in [0.05, 0.1) is 30.1 Å². The molecule has 3 atom stereocenters. The molecule has 2 aliphatic heterocycles. The van der Waals surface area contributed by atoms with Crippen LogP contribution in [0.2, 0.25) is 0 Å². The van der Waals surface area contributed by atoms with Crippen LogP contribution in [0.3, 0.4) is 0 Å². The highest BCUT2D eigenvalue weighted by atomic mass is 32.2. The highest BCUT2D eigenvalue weighted by molar-refractivity contribution is 7.91. The quantitative estimate of drug-likeness (QED) is 0.313. The number of aryl methyl sites for hydroxylation is 1. The van der Waals surface area contributed by atoms with Crippen LogP contribution in [0.1, 0.15) is 41.0 Å². The number of benzene rings is 2. The van der Waals surface area contributed by atoms with E-state index in [9.17, 15) is 17.8 Å². The monoisotopic (exact) mass is 556 g/mol. The molecular weight excluding hydrogens is 528 g/mol. The summed E-state index contributed by atoms with van der Waals surface area (Å²) in [5.41, 5.74) is 4.32. The van der Waals surface area contributed by atoms with Gasteiger partial charge in [-0.05, 0) is 31.5 Å². The molecule has 2 aliphatic rings. The zero-order chi connectivity index (χ0) is 26.9. The van der Waals surface area contributed by atoms with Crippen molar-refractivity contribution in [3.8, 4) is 28.5 Å². The number of aromatic nitrogens is 1. The van der Waals surface area contributed by atoms with E-state index in [1.54, 1.807) is 6.07 Å². The molecule has 9 nitrogen and oxygen atoms in total. The van der Waals surface area contributed by atoms with E-state index in [4.69, 9.17) is 14.2 Å². The second kappa shape index (κ2) is 10.8. The minimum absolute atomic E-state index is 0.0743. The standard InChI is InChI=1S/C27H28N2O7S2/c1-17-20(11-12-26(28-17)34-13-4-14-38(2,32)33)21-5-3-6-22-23(16-35-27(21)22)36-19-9-7-18(8-10-19)24-15-25(30)29-37(24)31/h3,5-12,23-24H,4,13-16H2,1-2H3,(H,29,30)/t23-,24?,37?/m1/s1. The summed E-state index contributed by atoms with van der Waals surface area (Å²) < 4.78 is 55.0. The molecule has 5 rings (SSSR count). The summed E-state index contributed by atoms with van der Waals surface area (Å²) in [5, 5.41) is -0.351. The lowest BCUT2D eigenvalue weighted by Gasteiger charge is -2.15. The Balaban J connectivity index is 1.27. The van der Waals surface area contributed by atoms with E-state index in [0.29, 0.717) is 24.7 Å². The second-order valence-corrected chi connectivity index (χ2v) is 13.0. The van der Waals surface area contributed by atoms with Crippen LogP contribution in [0.15, 0.2) is 54.6 Å². The molecule has 3 aromatic rings. The Morgan fingerprint density at radius 3 is 2.61 bits per heavy atom. The molecule has 1 fully saturated rings. The van der Waals surface area contributed by atoms with Gasteiger partial charge in [-0.15, -0.1) is 0 Å². The third-order valence-electron chi connectivity index (χ3n) is 6.41. The van der Waals surface area contributed by atoms with E-state index in [0.717, 1.165) is 33.7 Å². The number of para-hydroxylation sites is 1. The number of carbonyl (C=O) groups is 1. The fraction of sp³-hybridized carbons (Fsp3) is 0.333. The highest BCUT2D eigenvalue weighted by Gasteiger charge is 2.37. The number of rotatable bonds is 9. The number of fused-ring (bicyclic) bond motifs is 1. The van der Waals surface area contributed by atoms with Gasteiger partial charge in [0.2, 0.25) is 5.88 Å². The number of sulfone groups is 1. The lowest BCUT2D eigenvalue weighted by Crippen LogP contribution is -2.21. The molecule has 0 spiro atoms. The first-order valence-corrected chi connectivity index (χ1v) is 15.5. The molecule has 200 valence electrons. The maximum Gasteiger partial charge on any atom is 0.266 e. The molecule has 1 saturated heterocycles. The first-order chi connectivity index (χ1) is 18.2. The molecule has 3 heterocycles. The molecule has 0 bridgehead atoms. The van der Waals surface area contributed by atoms with Crippen LogP contribution >= 0.6 is 0 Å². The maximum atomic E-state index is 12.1. The van der Waals surface area contributed by atoms with Crippen LogP contribution in [0.25, 0.3) is 11.1 Å². The predicted molar refractivity (Wildman–Crippen MR) is 143 cm³/mol. The Morgan fingerprint density at radius 1 is 1.13 bits per heavy atom. The van der Waals surface area contributed by atoms with Gasteiger partial charge in [-0.1, -0.05) is 30.3 Å². The fourth-order valence-corrected chi connectivity index (χ4v) is 6.36. The lowest BCUT2D eigenvalue weighted by molar-refractivity contribution is -0.118. The van der Waals surface area contributed by atoms with Gasteiger partial charge >= 0.3 is 0 Å². The van der Waals surface area contributed by atoms with Crippen LogP contribution in [-0.4, -0.2) is 49.1 Å². The Labute approximate surface area is 224 Å². The molecule has 38 heavy (non-hydrogen) atoms. The van der Waals surface area contributed by atoms with Crippen molar-refractivity contribution in [2.45, 2.75) is 31.1 Å². The van der Waals surface area contributed by atoms with Gasteiger partial charge in [0.1, 0.15) is 27.9 Å². The number of hydrogen-bond donors (Lipinski definition) is 1. The Morgan fingerprint density at radius 2 is 1.92 bits per heavy atom. The number of ether oxygens (including phenoxy) is 3. The molecule has 11 heteroatoms. The first kappa shape index (κ1) is 26.3. The average Bonchev–Trinajstić information content (AvgIpc) is 3.44. The molecule has 1 amide bonds. The van der Waals surface area contributed by atoms with Crippen LogP contribution in [0.4, 0.5) is 0 Å². The lowest BCUT2D eigenvalue weighted by atomic mass is 9.99. The topological polar surface area (TPSA) is 127 Å². The third kappa shape index (κ3) is 5.90. The van der Waals surface area contributed by atoms with E-state index < -0.39 is 21.2 Å². The van der Waals surface area contributed by atoms with Crippen LogP contribution in [-0.2, 0) is 26.0 Å². The van der Waals surface area contributed by atoms with Crippen LogP contribution in [0, 0.1) is 6.92 Å². The van der Waals surface area contributed by atoms with Crippen molar-refractivity contribution < 1.29 is 32.0 Å². The summed E-state index contributed by atoms with van der Waals surface area (Å²) in [6, 6.07) is 16.9. The number of nitrogens with one attached hydrogen (secondary N) is 1. The minimum atomic E-state index is -3.02. The van der Waals surface area contributed by atoms with Crippen molar-refractivity contribution in [2.75, 3.05) is 25.2 Å². The summed E-state index contributed by atoms with van der Waals surface area (Å²) in [7, 11) is -3.02. The van der Waals surface area contributed by atoms with Crippen molar-refractivity contribution >= 4 is 27.1 Å². The maximum absolute atomic E-state index is 12.1. The Hall–Kier alpha value is -3.28.